The van der Waals surface area contributed by atoms with E-state index in [2.05, 4.69) is 62.5 Å². The number of hydrogen-bond donors (Lipinski definition) is 1. The average Bonchev–Trinajstić information content (AvgIpc) is 2.65. The van der Waals surface area contributed by atoms with Gasteiger partial charge in [0.15, 0.2) is 0 Å². The van der Waals surface area contributed by atoms with Crippen LogP contribution in [0, 0.1) is 0 Å². The highest BCUT2D eigenvalue weighted by Gasteiger charge is 2.16. The molecule has 3 aromatic rings. The van der Waals surface area contributed by atoms with Crippen molar-refractivity contribution in [2.45, 2.75) is 45.9 Å². The first kappa shape index (κ1) is 18.8. The predicted molar refractivity (Wildman–Crippen MR) is 111 cm³/mol. The van der Waals surface area contributed by atoms with Crippen molar-refractivity contribution in [3.8, 4) is 5.75 Å². The molecule has 26 heavy (non-hydrogen) atoms. The standard InChI is InChI=1S/C23H26ClNO/c1-4-23(2,3)25-15-21-20-11-6-5-9-18(20)12-13-22(21)26-16-17-8-7-10-19(24)14-17/h5-14,25H,4,15-16H2,1-3H3. The Bertz CT molecular complexity index is 888. The van der Waals surface area contributed by atoms with Gasteiger partial charge in [-0.1, -0.05) is 61.0 Å². The van der Waals surface area contributed by atoms with Gasteiger partial charge >= 0.3 is 0 Å². The second-order valence-electron chi connectivity index (χ2n) is 7.27. The molecule has 1 N–H and O–H groups in total. The van der Waals surface area contributed by atoms with Gasteiger partial charge in [0.2, 0.25) is 0 Å². The zero-order valence-electron chi connectivity index (χ0n) is 15.7. The van der Waals surface area contributed by atoms with E-state index in [1.165, 1.54) is 16.3 Å². The smallest absolute Gasteiger partial charge is 0.124 e. The molecule has 136 valence electrons. The Balaban J connectivity index is 1.89. The molecule has 0 aliphatic carbocycles. The van der Waals surface area contributed by atoms with E-state index >= 15 is 0 Å². The summed E-state index contributed by atoms with van der Waals surface area (Å²) in [6.45, 7) is 7.93. The Kier molecular flexibility index (Phi) is 5.85. The van der Waals surface area contributed by atoms with E-state index in [1.54, 1.807) is 0 Å². The Morgan fingerprint density at radius 3 is 2.58 bits per heavy atom. The maximum Gasteiger partial charge on any atom is 0.124 e. The molecule has 0 spiro atoms. The van der Waals surface area contributed by atoms with Crippen molar-refractivity contribution in [1.29, 1.82) is 0 Å². The van der Waals surface area contributed by atoms with Crippen LogP contribution in [0.3, 0.4) is 0 Å². The molecule has 0 aromatic heterocycles. The van der Waals surface area contributed by atoms with E-state index in [9.17, 15) is 0 Å². The first-order valence-corrected chi connectivity index (χ1v) is 9.49. The first-order valence-electron chi connectivity index (χ1n) is 9.11. The number of nitrogens with one attached hydrogen (secondary N) is 1. The van der Waals surface area contributed by atoms with Gasteiger partial charge in [0.25, 0.3) is 0 Å². The first-order chi connectivity index (χ1) is 12.5. The molecule has 0 aliphatic rings. The van der Waals surface area contributed by atoms with Crippen LogP contribution in [-0.2, 0) is 13.2 Å². The van der Waals surface area contributed by atoms with E-state index in [-0.39, 0.29) is 5.54 Å². The number of rotatable bonds is 7. The minimum absolute atomic E-state index is 0.0845. The number of fused-ring (bicyclic) bond motifs is 1. The van der Waals surface area contributed by atoms with Crippen molar-refractivity contribution in [2.75, 3.05) is 0 Å². The van der Waals surface area contributed by atoms with E-state index in [4.69, 9.17) is 16.3 Å². The van der Waals surface area contributed by atoms with E-state index in [1.807, 2.05) is 24.3 Å². The van der Waals surface area contributed by atoms with Gasteiger partial charge in [-0.25, -0.2) is 0 Å². The lowest BCUT2D eigenvalue weighted by Crippen LogP contribution is -2.37. The van der Waals surface area contributed by atoms with Gasteiger partial charge in [0.1, 0.15) is 12.4 Å². The molecule has 0 radical (unpaired) electrons. The third-order valence-corrected chi connectivity index (χ3v) is 5.14. The van der Waals surface area contributed by atoms with Crippen LogP contribution >= 0.6 is 11.6 Å². The molecule has 0 atom stereocenters. The third kappa shape index (κ3) is 4.57. The number of halogens is 1. The SMILES string of the molecule is CCC(C)(C)NCc1c(OCc2cccc(Cl)c2)ccc2ccccc12. The Morgan fingerprint density at radius 1 is 1.00 bits per heavy atom. The molecule has 0 amide bonds. The minimum Gasteiger partial charge on any atom is -0.489 e. The molecule has 0 bridgehead atoms. The predicted octanol–water partition coefficient (Wildman–Crippen LogP) is 6.35. The van der Waals surface area contributed by atoms with Crippen LogP contribution in [-0.4, -0.2) is 5.54 Å². The van der Waals surface area contributed by atoms with Crippen molar-refractivity contribution in [3.05, 3.63) is 76.8 Å². The number of ether oxygens (including phenoxy) is 1. The van der Waals surface area contributed by atoms with Crippen LogP contribution in [0.25, 0.3) is 10.8 Å². The second-order valence-corrected chi connectivity index (χ2v) is 7.71. The zero-order valence-corrected chi connectivity index (χ0v) is 16.4. The van der Waals surface area contributed by atoms with E-state index in [0.29, 0.717) is 6.61 Å². The lowest BCUT2D eigenvalue weighted by Gasteiger charge is -2.26. The van der Waals surface area contributed by atoms with Crippen LogP contribution in [0.2, 0.25) is 5.02 Å². The summed E-state index contributed by atoms with van der Waals surface area (Å²) in [5, 5.41) is 6.86. The molecule has 0 saturated carbocycles. The van der Waals surface area contributed by atoms with E-state index < -0.39 is 0 Å². The third-order valence-electron chi connectivity index (χ3n) is 4.91. The normalized spacial score (nSPS) is 11.7. The van der Waals surface area contributed by atoms with Gasteiger partial charge in [-0.15, -0.1) is 0 Å². The molecular formula is C23H26ClNO. The highest BCUT2D eigenvalue weighted by Crippen LogP contribution is 2.29. The van der Waals surface area contributed by atoms with Crippen molar-refractivity contribution >= 4 is 22.4 Å². The Hall–Kier alpha value is -2.03. The summed E-state index contributed by atoms with van der Waals surface area (Å²) >= 11 is 6.09. The fraction of sp³-hybridized carbons (Fsp3) is 0.304. The molecule has 0 aliphatic heterocycles. The quantitative estimate of drug-likeness (QED) is 0.525. The fourth-order valence-electron chi connectivity index (χ4n) is 2.87. The number of benzene rings is 3. The van der Waals surface area contributed by atoms with Crippen LogP contribution in [0.1, 0.15) is 38.3 Å². The highest BCUT2D eigenvalue weighted by molar-refractivity contribution is 6.30. The lowest BCUT2D eigenvalue weighted by atomic mass is 9.99. The van der Waals surface area contributed by atoms with Gasteiger partial charge < -0.3 is 10.1 Å². The van der Waals surface area contributed by atoms with Crippen molar-refractivity contribution in [3.63, 3.8) is 0 Å². The van der Waals surface area contributed by atoms with Gasteiger partial charge in [0, 0.05) is 22.7 Å². The second kappa shape index (κ2) is 8.11. The summed E-state index contributed by atoms with van der Waals surface area (Å²) in [5.41, 5.74) is 2.35. The minimum atomic E-state index is 0.0845. The topological polar surface area (TPSA) is 21.3 Å². The summed E-state index contributed by atoms with van der Waals surface area (Å²) in [7, 11) is 0. The molecule has 0 saturated heterocycles. The summed E-state index contributed by atoms with van der Waals surface area (Å²) in [6.07, 6.45) is 1.07. The maximum atomic E-state index is 6.19. The monoisotopic (exact) mass is 367 g/mol. The lowest BCUT2D eigenvalue weighted by molar-refractivity contribution is 0.299. The average molecular weight is 368 g/mol. The Labute approximate surface area is 161 Å². The molecule has 0 heterocycles. The van der Waals surface area contributed by atoms with Gasteiger partial charge in [-0.05, 0) is 54.8 Å². The Morgan fingerprint density at radius 2 is 1.81 bits per heavy atom. The summed E-state index contributed by atoms with van der Waals surface area (Å²) < 4.78 is 6.19. The molecule has 0 unspecified atom stereocenters. The molecule has 3 rings (SSSR count). The maximum absolute atomic E-state index is 6.19. The summed E-state index contributed by atoms with van der Waals surface area (Å²) in [6, 6.07) is 20.5. The van der Waals surface area contributed by atoms with Crippen LogP contribution in [0.5, 0.6) is 5.75 Å². The van der Waals surface area contributed by atoms with Crippen molar-refractivity contribution < 1.29 is 4.74 Å². The van der Waals surface area contributed by atoms with E-state index in [0.717, 1.165) is 29.3 Å². The van der Waals surface area contributed by atoms with Crippen LogP contribution in [0.4, 0.5) is 0 Å². The molecule has 3 aromatic carbocycles. The van der Waals surface area contributed by atoms with Crippen LogP contribution in [0.15, 0.2) is 60.7 Å². The van der Waals surface area contributed by atoms with Crippen molar-refractivity contribution in [2.24, 2.45) is 0 Å². The van der Waals surface area contributed by atoms with Gasteiger partial charge in [-0.2, -0.15) is 0 Å². The zero-order chi connectivity index (χ0) is 18.6. The fourth-order valence-corrected chi connectivity index (χ4v) is 3.09. The molecule has 0 fully saturated rings. The molecule has 2 nitrogen and oxygen atoms in total. The largest absolute Gasteiger partial charge is 0.489 e. The number of hydrogen-bond acceptors (Lipinski definition) is 2. The van der Waals surface area contributed by atoms with Crippen LogP contribution < -0.4 is 10.1 Å². The van der Waals surface area contributed by atoms with Gasteiger partial charge in [0.05, 0.1) is 0 Å². The molecule has 3 heteroatoms. The van der Waals surface area contributed by atoms with Gasteiger partial charge in [-0.3, -0.25) is 0 Å². The molecular weight excluding hydrogens is 342 g/mol. The van der Waals surface area contributed by atoms with Crippen molar-refractivity contribution in [1.82, 2.24) is 5.32 Å². The summed E-state index contributed by atoms with van der Waals surface area (Å²) in [5.74, 6) is 0.920. The summed E-state index contributed by atoms with van der Waals surface area (Å²) in [4.78, 5) is 0. The highest BCUT2D eigenvalue weighted by atomic mass is 35.5.